The summed E-state index contributed by atoms with van der Waals surface area (Å²) in [5.41, 5.74) is 2.06. The van der Waals surface area contributed by atoms with Gasteiger partial charge in [0.1, 0.15) is 5.84 Å². The molecule has 0 radical (unpaired) electrons. The molecule has 0 fully saturated rings. The van der Waals surface area contributed by atoms with Crippen LogP contribution >= 0.6 is 0 Å². The van der Waals surface area contributed by atoms with Crippen LogP contribution in [-0.2, 0) is 12.6 Å². The van der Waals surface area contributed by atoms with Gasteiger partial charge in [0.2, 0.25) is 0 Å². The van der Waals surface area contributed by atoms with E-state index in [9.17, 15) is 22.7 Å². The highest BCUT2D eigenvalue weighted by molar-refractivity contribution is 6.06. The lowest BCUT2D eigenvalue weighted by Crippen LogP contribution is -2.35. The fraction of sp³-hybridized carbons (Fsp3) is 0.148. The van der Waals surface area contributed by atoms with Gasteiger partial charge in [0.05, 0.1) is 11.1 Å². The number of para-hydroxylation sites is 1. The quantitative estimate of drug-likeness (QED) is 0.420. The Labute approximate surface area is 195 Å². The van der Waals surface area contributed by atoms with Crippen molar-refractivity contribution in [3.05, 3.63) is 119 Å². The molecule has 3 nitrogen and oxygen atoms in total. The first-order chi connectivity index (χ1) is 16.2. The third kappa shape index (κ3) is 4.59. The molecule has 0 saturated carbocycles. The number of halogens is 4. The fourth-order valence-corrected chi connectivity index (χ4v) is 4.00. The van der Waals surface area contributed by atoms with E-state index in [-0.39, 0.29) is 11.4 Å². The van der Waals surface area contributed by atoms with Crippen molar-refractivity contribution < 1.29 is 22.7 Å². The van der Waals surface area contributed by atoms with Crippen molar-refractivity contribution >= 4 is 11.4 Å². The summed E-state index contributed by atoms with van der Waals surface area (Å²) in [7, 11) is 0. The zero-order valence-corrected chi connectivity index (χ0v) is 18.4. The molecule has 0 amide bonds. The van der Waals surface area contributed by atoms with Gasteiger partial charge in [-0.1, -0.05) is 55.1 Å². The minimum Gasteiger partial charge on any atom is -0.504 e. The number of alkyl halides is 3. The molecule has 0 aromatic heterocycles. The largest absolute Gasteiger partial charge is 0.504 e. The Balaban J connectivity index is 1.82. The van der Waals surface area contributed by atoms with Crippen LogP contribution in [0.4, 0.5) is 17.6 Å². The molecule has 3 aromatic carbocycles. The van der Waals surface area contributed by atoms with Crippen molar-refractivity contribution in [2.75, 3.05) is 6.54 Å². The molecule has 0 spiro atoms. The van der Waals surface area contributed by atoms with Crippen molar-refractivity contribution in [2.45, 2.75) is 19.5 Å². The summed E-state index contributed by atoms with van der Waals surface area (Å²) in [4.78, 5) is 6.31. The van der Waals surface area contributed by atoms with Crippen LogP contribution in [0.25, 0.3) is 5.57 Å². The van der Waals surface area contributed by atoms with Crippen molar-refractivity contribution in [3.63, 3.8) is 0 Å². The second-order valence-corrected chi connectivity index (χ2v) is 7.94. The van der Waals surface area contributed by atoms with Gasteiger partial charge in [-0.25, -0.2) is 9.38 Å². The van der Waals surface area contributed by atoms with Crippen molar-refractivity contribution in [2.24, 2.45) is 4.99 Å². The average Bonchev–Trinajstić information content (AvgIpc) is 2.80. The third-order valence-electron chi connectivity index (χ3n) is 5.68. The Bertz CT molecular complexity index is 1290. The maximum Gasteiger partial charge on any atom is 0.416 e. The van der Waals surface area contributed by atoms with E-state index in [1.54, 1.807) is 24.0 Å². The van der Waals surface area contributed by atoms with Crippen LogP contribution in [0.1, 0.15) is 29.2 Å². The molecule has 0 aliphatic carbocycles. The highest BCUT2D eigenvalue weighted by atomic mass is 19.4. The fourth-order valence-electron chi connectivity index (χ4n) is 4.00. The van der Waals surface area contributed by atoms with E-state index >= 15 is 0 Å². The Hall–Kier alpha value is -3.87. The van der Waals surface area contributed by atoms with Gasteiger partial charge in [-0.2, -0.15) is 13.2 Å². The van der Waals surface area contributed by atoms with Crippen molar-refractivity contribution in [3.8, 4) is 5.75 Å². The van der Waals surface area contributed by atoms with Crippen molar-refractivity contribution in [1.29, 1.82) is 0 Å². The van der Waals surface area contributed by atoms with E-state index in [2.05, 4.69) is 11.6 Å². The molecule has 4 rings (SSSR count). The molecule has 1 N–H and O–H groups in total. The maximum atomic E-state index is 14.1. The van der Waals surface area contributed by atoms with Gasteiger partial charge in [0.15, 0.2) is 11.6 Å². The number of rotatable bonds is 5. The SMILES string of the molecule is C=C1C(c2cccc(C(F)(F)F)c2)=C(C)N=C(c2cccc(F)c2O)N1CCc1ccccc1. The smallest absolute Gasteiger partial charge is 0.416 e. The summed E-state index contributed by atoms with van der Waals surface area (Å²) in [6.45, 7) is 6.19. The number of phenols is 1. The van der Waals surface area contributed by atoms with Crippen molar-refractivity contribution in [1.82, 2.24) is 4.90 Å². The Kier molecular flexibility index (Phi) is 6.28. The van der Waals surface area contributed by atoms with Crippen LogP contribution in [0, 0.1) is 5.82 Å². The van der Waals surface area contributed by atoms with E-state index in [1.807, 2.05) is 30.3 Å². The van der Waals surface area contributed by atoms with Crippen LogP contribution in [0.3, 0.4) is 0 Å². The molecule has 174 valence electrons. The van der Waals surface area contributed by atoms with Gasteiger partial charge in [-0.05, 0) is 48.7 Å². The first-order valence-corrected chi connectivity index (χ1v) is 10.6. The molecule has 1 heterocycles. The summed E-state index contributed by atoms with van der Waals surface area (Å²) < 4.78 is 54.2. The molecule has 3 aromatic rings. The Morgan fingerprint density at radius 1 is 0.971 bits per heavy atom. The average molecular weight is 466 g/mol. The second kappa shape index (κ2) is 9.17. The van der Waals surface area contributed by atoms with Crippen LogP contribution in [0.2, 0.25) is 0 Å². The summed E-state index contributed by atoms with van der Waals surface area (Å²) in [6.07, 6.45) is -3.92. The molecule has 0 unspecified atom stereocenters. The number of hydrogen-bond donors (Lipinski definition) is 1. The van der Waals surface area contributed by atoms with Gasteiger partial charge < -0.3 is 10.0 Å². The number of amidine groups is 1. The van der Waals surface area contributed by atoms with E-state index in [1.165, 1.54) is 12.1 Å². The monoisotopic (exact) mass is 466 g/mol. The van der Waals surface area contributed by atoms with E-state index in [4.69, 9.17) is 0 Å². The molecule has 34 heavy (non-hydrogen) atoms. The number of benzene rings is 3. The minimum atomic E-state index is -4.49. The molecule has 1 aliphatic rings. The third-order valence-corrected chi connectivity index (χ3v) is 5.68. The zero-order valence-electron chi connectivity index (χ0n) is 18.4. The number of aliphatic imine (C=N–C) groups is 1. The second-order valence-electron chi connectivity index (χ2n) is 7.94. The first kappa shape index (κ1) is 23.3. The first-order valence-electron chi connectivity index (χ1n) is 10.6. The number of aromatic hydroxyl groups is 1. The lowest BCUT2D eigenvalue weighted by molar-refractivity contribution is -0.137. The zero-order chi connectivity index (χ0) is 24.5. The normalized spacial score (nSPS) is 14.4. The van der Waals surface area contributed by atoms with Gasteiger partial charge in [-0.3, -0.25) is 0 Å². The van der Waals surface area contributed by atoms with Gasteiger partial charge in [0.25, 0.3) is 0 Å². The minimum absolute atomic E-state index is 0.177. The maximum absolute atomic E-state index is 14.1. The molecule has 0 atom stereocenters. The Morgan fingerprint density at radius 3 is 2.38 bits per heavy atom. The van der Waals surface area contributed by atoms with Crippen LogP contribution in [0.5, 0.6) is 5.75 Å². The van der Waals surface area contributed by atoms with E-state index in [0.29, 0.717) is 35.5 Å². The van der Waals surface area contributed by atoms with E-state index < -0.39 is 23.3 Å². The topological polar surface area (TPSA) is 35.8 Å². The molecular formula is C27H22F4N2O. The van der Waals surface area contributed by atoms with Crippen LogP contribution < -0.4 is 0 Å². The van der Waals surface area contributed by atoms with Gasteiger partial charge in [-0.15, -0.1) is 0 Å². The number of allylic oxidation sites excluding steroid dienone is 2. The molecule has 0 bridgehead atoms. The molecule has 0 saturated heterocycles. The van der Waals surface area contributed by atoms with Crippen LogP contribution in [0.15, 0.2) is 95.8 Å². The summed E-state index contributed by atoms with van der Waals surface area (Å²) >= 11 is 0. The predicted molar refractivity (Wildman–Crippen MR) is 125 cm³/mol. The van der Waals surface area contributed by atoms with E-state index in [0.717, 1.165) is 23.8 Å². The highest BCUT2D eigenvalue weighted by Gasteiger charge is 2.32. The lowest BCUT2D eigenvalue weighted by atomic mass is 9.95. The number of nitrogens with zero attached hydrogens (tertiary/aromatic N) is 2. The summed E-state index contributed by atoms with van der Waals surface area (Å²) in [5, 5.41) is 10.4. The highest BCUT2D eigenvalue weighted by Crippen LogP contribution is 2.38. The number of phenolic OH excluding ortho intramolecular Hbond substituents is 1. The molecule has 1 aliphatic heterocycles. The Morgan fingerprint density at radius 2 is 1.68 bits per heavy atom. The molecule has 7 heteroatoms. The lowest BCUT2D eigenvalue weighted by Gasteiger charge is -2.34. The van der Waals surface area contributed by atoms with Gasteiger partial charge >= 0.3 is 6.18 Å². The predicted octanol–water partition coefficient (Wildman–Crippen LogP) is 6.80. The summed E-state index contributed by atoms with van der Waals surface area (Å²) in [6, 6.07) is 18.8. The summed E-state index contributed by atoms with van der Waals surface area (Å²) in [5.74, 6) is -1.06. The van der Waals surface area contributed by atoms with Gasteiger partial charge in [0, 0.05) is 23.5 Å². The molecular weight excluding hydrogens is 444 g/mol. The number of hydrogen-bond acceptors (Lipinski definition) is 3. The van der Waals surface area contributed by atoms with Crippen LogP contribution in [-0.4, -0.2) is 22.4 Å². The standard InChI is InChI=1S/C27H22F4N2O/c1-17-24(20-10-6-11-21(16-20)27(29,30)31)18(2)33(15-14-19-8-4-3-5-9-19)26(32-17)22-12-7-13-23(28)25(22)34/h3-13,16,34H,2,14-15H2,1H3.